The molecule has 0 bridgehead atoms. The number of aliphatic imine (C=N–C) groups is 1. The van der Waals surface area contributed by atoms with Crippen molar-refractivity contribution in [2.24, 2.45) is 10.9 Å². The molecule has 0 atom stereocenters. The summed E-state index contributed by atoms with van der Waals surface area (Å²) >= 11 is 0. The molecule has 2 rings (SSSR count). The highest BCUT2D eigenvalue weighted by molar-refractivity contribution is 5.80. The Balaban J connectivity index is 1.85. The number of phenolic OH excluding ortho intramolecular Hbond substituents is 1. The molecule has 0 unspecified atom stereocenters. The van der Waals surface area contributed by atoms with E-state index in [1.54, 1.807) is 13.1 Å². The Labute approximate surface area is 137 Å². The van der Waals surface area contributed by atoms with Crippen molar-refractivity contribution in [3.8, 4) is 5.75 Å². The molecule has 0 amide bonds. The first kappa shape index (κ1) is 17.5. The number of benzene rings is 1. The van der Waals surface area contributed by atoms with E-state index in [0.29, 0.717) is 12.5 Å². The van der Waals surface area contributed by atoms with Crippen LogP contribution in [0.2, 0.25) is 0 Å². The van der Waals surface area contributed by atoms with E-state index in [0.717, 1.165) is 44.2 Å². The summed E-state index contributed by atoms with van der Waals surface area (Å²) < 4.78 is 13.4. The second-order valence-electron chi connectivity index (χ2n) is 6.37. The van der Waals surface area contributed by atoms with Gasteiger partial charge in [0.2, 0.25) is 0 Å². The van der Waals surface area contributed by atoms with Gasteiger partial charge in [-0.2, -0.15) is 0 Å². The van der Waals surface area contributed by atoms with Crippen LogP contribution in [-0.2, 0) is 6.54 Å². The largest absolute Gasteiger partial charge is 0.505 e. The van der Waals surface area contributed by atoms with Gasteiger partial charge in [-0.05, 0) is 23.6 Å². The lowest BCUT2D eigenvalue weighted by molar-refractivity contribution is 0.164. The van der Waals surface area contributed by atoms with Crippen LogP contribution in [0, 0.1) is 11.7 Å². The molecule has 1 aliphatic rings. The minimum Gasteiger partial charge on any atom is -0.505 e. The number of hydrogen-bond donors (Lipinski definition) is 2. The molecule has 128 valence electrons. The zero-order chi connectivity index (χ0) is 16.8. The Morgan fingerprint density at radius 3 is 2.57 bits per heavy atom. The van der Waals surface area contributed by atoms with E-state index in [2.05, 4.69) is 34.0 Å². The smallest absolute Gasteiger partial charge is 0.194 e. The monoisotopic (exact) mass is 322 g/mol. The Kier molecular flexibility index (Phi) is 6.21. The highest BCUT2D eigenvalue weighted by atomic mass is 19.1. The van der Waals surface area contributed by atoms with Gasteiger partial charge in [-0.1, -0.05) is 19.9 Å². The fourth-order valence-electron chi connectivity index (χ4n) is 2.83. The first-order valence-electron chi connectivity index (χ1n) is 8.15. The number of aromatic hydroxyl groups is 1. The van der Waals surface area contributed by atoms with E-state index >= 15 is 0 Å². The van der Waals surface area contributed by atoms with Crippen molar-refractivity contribution in [2.75, 3.05) is 39.8 Å². The molecule has 0 spiro atoms. The lowest BCUT2D eigenvalue weighted by Gasteiger charge is -2.37. The minimum atomic E-state index is -0.596. The van der Waals surface area contributed by atoms with E-state index in [1.165, 1.54) is 12.1 Å². The first-order valence-corrected chi connectivity index (χ1v) is 8.15. The van der Waals surface area contributed by atoms with Gasteiger partial charge < -0.3 is 15.3 Å². The molecule has 1 aliphatic heterocycles. The maximum absolute atomic E-state index is 13.4. The number of phenols is 1. The molecule has 0 aliphatic carbocycles. The Hall–Kier alpha value is -1.82. The third-order valence-electron chi connectivity index (χ3n) is 3.97. The fourth-order valence-corrected chi connectivity index (χ4v) is 2.83. The van der Waals surface area contributed by atoms with Crippen LogP contribution in [0.1, 0.15) is 19.4 Å². The summed E-state index contributed by atoms with van der Waals surface area (Å²) in [6.07, 6.45) is 0. The van der Waals surface area contributed by atoms with Crippen LogP contribution in [0.5, 0.6) is 5.75 Å². The topological polar surface area (TPSA) is 51.1 Å². The molecule has 0 saturated carbocycles. The summed E-state index contributed by atoms with van der Waals surface area (Å²) in [5, 5.41) is 12.5. The van der Waals surface area contributed by atoms with Crippen molar-refractivity contribution in [3.05, 3.63) is 29.6 Å². The average Bonchev–Trinajstić information content (AvgIpc) is 2.52. The molecule has 1 aromatic rings. The van der Waals surface area contributed by atoms with E-state index in [4.69, 9.17) is 0 Å². The second kappa shape index (κ2) is 8.15. The van der Waals surface area contributed by atoms with Gasteiger partial charge in [-0.15, -0.1) is 0 Å². The molecule has 6 heteroatoms. The summed E-state index contributed by atoms with van der Waals surface area (Å²) in [6.45, 7) is 10.0. The van der Waals surface area contributed by atoms with Gasteiger partial charge in [0.1, 0.15) is 0 Å². The molecule has 2 N–H and O–H groups in total. The van der Waals surface area contributed by atoms with Crippen molar-refractivity contribution < 1.29 is 9.50 Å². The van der Waals surface area contributed by atoms with Crippen molar-refractivity contribution in [1.29, 1.82) is 0 Å². The standard InChI is InChI=1S/C17H27FN4O/c1-13(2)12-21-6-8-22(9-7-21)17(19-3)20-11-14-4-5-16(23)15(18)10-14/h4-5,10,13,23H,6-9,11-12H2,1-3H3,(H,19,20). The molecule has 23 heavy (non-hydrogen) atoms. The average molecular weight is 322 g/mol. The van der Waals surface area contributed by atoms with Crippen LogP contribution in [0.3, 0.4) is 0 Å². The molecular weight excluding hydrogens is 295 g/mol. The predicted octanol–water partition coefficient (Wildman–Crippen LogP) is 1.88. The van der Waals surface area contributed by atoms with E-state index in [9.17, 15) is 9.50 Å². The molecule has 1 saturated heterocycles. The van der Waals surface area contributed by atoms with Crippen LogP contribution in [-0.4, -0.2) is 60.6 Å². The van der Waals surface area contributed by atoms with Crippen LogP contribution in [0.4, 0.5) is 4.39 Å². The van der Waals surface area contributed by atoms with Crippen LogP contribution >= 0.6 is 0 Å². The van der Waals surface area contributed by atoms with Gasteiger partial charge in [0.15, 0.2) is 17.5 Å². The lowest BCUT2D eigenvalue weighted by atomic mass is 10.2. The molecule has 1 fully saturated rings. The van der Waals surface area contributed by atoms with Gasteiger partial charge >= 0.3 is 0 Å². The van der Waals surface area contributed by atoms with Gasteiger partial charge in [-0.25, -0.2) is 4.39 Å². The van der Waals surface area contributed by atoms with Crippen LogP contribution < -0.4 is 5.32 Å². The van der Waals surface area contributed by atoms with E-state index in [-0.39, 0.29) is 5.75 Å². The summed E-state index contributed by atoms with van der Waals surface area (Å²) in [5.41, 5.74) is 0.778. The summed E-state index contributed by atoms with van der Waals surface area (Å²) in [4.78, 5) is 9.03. The number of hydrogen-bond acceptors (Lipinski definition) is 3. The third kappa shape index (κ3) is 5.10. The molecular formula is C17H27FN4O. The van der Waals surface area contributed by atoms with E-state index < -0.39 is 5.82 Å². The molecule has 1 aromatic carbocycles. The van der Waals surface area contributed by atoms with Crippen molar-refractivity contribution in [1.82, 2.24) is 15.1 Å². The summed E-state index contributed by atoms with van der Waals surface area (Å²) in [5.74, 6) is 0.604. The fraction of sp³-hybridized carbons (Fsp3) is 0.588. The Bertz CT molecular complexity index is 539. The quantitative estimate of drug-likeness (QED) is 0.656. The number of piperazine rings is 1. The second-order valence-corrected chi connectivity index (χ2v) is 6.37. The maximum atomic E-state index is 13.4. The number of rotatable bonds is 4. The van der Waals surface area contributed by atoms with Crippen molar-refractivity contribution >= 4 is 5.96 Å². The molecule has 1 heterocycles. The highest BCUT2D eigenvalue weighted by Crippen LogP contribution is 2.16. The molecule has 0 aromatic heterocycles. The number of nitrogens with one attached hydrogen (secondary N) is 1. The minimum absolute atomic E-state index is 0.320. The zero-order valence-corrected chi connectivity index (χ0v) is 14.2. The predicted molar refractivity (Wildman–Crippen MR) is 91.1 cm³/mol. The zero-order valence-electron chi connectivity index (χ0n) is 14.2. The highest BCUT2D eigenvalue weighted by Gasteiger charge is 2.19. The Morgan fingerprint density at radius 2 is 2.00 bits per heavy atom. The first-order chi connectivity index (χ1) is 11.0. The van der Waals surface area contributed by atoms with Crippen molar-refractivity contribution in [3.63, 3.8) is 0 Å². The molecule has 5 nitrogen and oxygen atoms in total. The summed E-state index contributed by atoms with van der Waals surface area (Å²) in [7, 11) is 1.76. The van der Waals surface area contributed by atoms with Gasteiger partial charge in [0.05, 0.1) is 0 Å². The normalized spacial score (nSPS) is 16.9. The summed E-state index contributed by atoms with van der Waals surface area (Å²) in [6, 6.07) is 4.43. The SMILES string of the molecule is CN=C(NCc1ccc(O)c(F)c1)N1CCN(CC(C)C)CC1. The third-order valence-corrected chi connectivity index (χ3v) is 3.97. The van der Waals surface area contributed by atoms with E-state index in [1.807, 2.05) is 0 Å². The van der Waals surface area contributed by atoms with Crippen molar-refractivity contribution in [2.45, 2.75) is 20.4 Å². The van der Waals surface area contributed by atoms with Gasteiger partial charge in [-0.3, -0.25) is 9.89 Å². The van der Waals surface area contributed by atoms with Gasteiger partial charge in [0.25, 0.3) is 0 Å². The van der Waals surface area contributed by atoms with Crippen LogP contribution in [0.25, 0.3) is 0 Å². The number of guanidine groups is 1. The number of nitrogens with zero attached hydrogens (tertiary/aromatic N) is 3. The van der Waals surface area contributed by atoms with Crippen LogP contribution in [0.15, 0.2) is 23.2 Å². The Morgan fingerprint density at radius 1 is 1.30 bits per heavy atom. The number of halogens is 1. The maximum Gasteiger partial charge on any atom is 0.194 e. The molecule has 0 radical (unpaired) electrons. The lowest BCUT2D eigenvalue weighted by Crippen LogP contribution is -2.52. The van der Waals surface area contributed by atoms with Gasteiger partial charge in [0, 0.05) is 46.3 Å².